The average molecular weight is 688 g/mol. The van der Waals surface area contributed by atoms with E-state index in [0.29, 0.717) is 61.8 Å². The molecule has 1 aliphatic heterocycles. The van der Waals surface area contributed by atoms with Crippen LogP contribution in [0.5, 0.6) is 5.75 Å². The number of nitrogens with zero attached hydrogens (tertiary/aromatic N) is 4. The smallest absolute Gasteiger partial charge is 0.335 e. The molecule has 0 radical (unpaired) electrons. The van der Waals surface area contributed by atoms with Gasteiger partial charge in [-0.3, -0.25) is 9.48 Å². The summed E-state index contributed by atoms with van der Waals surface area (Å²) in [5, 5.41) is 16.8. The zero-order valence-corrected chi connectivity index (χ0v) is 29.5. The molecule has 48 heavy (non-hydrogen) atoms. The molecule has 0 bridgehead atoms. The second kappa shape index (κ2) is 13.7. The highest BCUT2D eigenvalue weighted by atomic mass is 35.5. The van der Waals surface area contributed by atoms with Crippen molar-refractivity contribution in [1.29, 1.82) is 0 Å². The Kier molecular flexibility index (Phi) is 9.59. The fourth-order valence-corrected chi connectivity index (χ4v) is 7.46. The minimum atomic E-state index is -0.966. The van der Waals surface area contributed by atoms with E-state index in [4.69, 9.17) is 27.9 Å². The second-order valence-corrected chi connectivity index (χ2v) is 13.4. The SMILES string of the molecule is Cc1cc(OCCCc2c3n(c4c(-c5c(C)nn(C)c5C)c(Cl)ccc24)CCCN(CCc2ccccc2C(=O)O)C3=O)cc(C)c1Cl. The number of carbonyl (C=O) groups excluding carboxylic acids is 1. The summed E-state index contributed by atoms with van der Waals surface area (Å²) in [5.41, 5.74) is 9.25. The summed E-state index contributed by atoms with van der Waals surface area (Å²) in [4.78, 5) is 28.3. The van der Waals surface area contributed by atoms with E-state index in [1.807, 2.05) is 80.7 Å². The lowest BCUT2D eigenvalue weighted by Gasteiger charge is -2.21. The summed E-state index contributed by atoms with van der Waals surface area (Å²) in [6.45, 7) is 10.1. The molecule has 0 fully saturated rings. The number of halogens is 2. The number of hydrogen-bond donors (Lipinski definition) is 1. The molecule has 1 aliphatic rings. The number of carbonyl (C=O) groups is 2. The van der Waals surface area contributed by atoms with Crippen molar-refractivity contribution in [1.82, 2.24) is 19.2 Å². The van der Waals surface area contributed by atoms with Crippen LogP contribution in [0.2, 0.25) is 10.0 Å². The van der Waals surface area contributed by atoms with E-state index in [9.17, 15) is 14.7 Å². The van der Waals surface area contributed by atoms with Gasteiger partial charge in [0.1, 0.15) is 11.4 Å². The molecule has 6 rings (SSSR count). The average Bonchev–Trinajstić information content (AvgIpc) is 3.43. The number of benzene rings is 3. The Balaban J connectivity index is 1.40. The third-order valence-corrected chi connectivity index (χ3v) is 10.4. The van der Waals surface area contributed by atoms with Crippen LogP contribution >= 0.6 is 23.2 Å². The van der Waals surface area contributed by atoms with Gasteiger partial charge in [0, 0.05) is 53.9 Å². The van der Waals surface area contributed by atoms with Crippen LogP contribution in [-0.4, -0.2) is 55.9 Å². The van der Waals surface area contributed by atoms with Gasteiger partial charge < -0.3 is 19.3 Å². The van der Waals surface area contributed by atoms with E-state index in [1.165, 1.54) is 0 Å². The van der Waals surface area contributed by atoms with Crippen LogP contribution in [0.15, 0.2) is 48.5 Å². The first-order valence-corrected chi connectivity index (χ1v) is 17.1. The summed E-state index contributed by atoms with van der Waals surface area (Å²) in [6, 6.07) is 14.9. The molecule has 0 atom stereocenters. The Morgan fingerprint density at radius 1 is 0.979 bits per heavy atom. The molecule has 0 saturated heterocycles. The number of ether oxygens (including phenoxy) is 1. The molecule has 0 saturated carbocycles. The number of rotatable bonds is 10. The quantitative estimate of drug-likeness (QED) is 0.149. The number of amides is 1. The predicted molar refractivity (Wildman–Crippen MR) is 191 cm³/mol. The Bertz CT molecular complexity index is 2040. The van der Waals surface area contributed by atoms with Crippen LogP contribution < -0.4 is 4.74 Å². The first-order valence-electron chi connectivity index (χ1n) is 16.3. The van der Waals surface area contributed by atoms with Gasteiger partial charge in [0.05, 0.1) is 28.4 Å². The fourth-order valence-electron chi connectivity index (χ4n) is 7.10. The van der Waals surface area contributed by atoms with Gasteiger partial charge in [0.25, 0.3) is 5.91 Å². The van der Waals surface area contributed by atoms with E-state index in [-0.39, 0.29) is 11.5 Å². The van der Waals surface area contributed by atoms with E-state index >= 15 is 0 Å². The topological polar surface area (TPSA) is 89.6 Å². The number of aromatic carboxylic acids is 1. The molecule has 5 aromatic rings. The van der Waals surface area contributed by atoms with Gasteiger partial charge in [-0.1, -0.05) is 47.5 Å². The standard InChI is InChI=1S/C38H40Cl2N4O4/c1-22-20-27(21-23(2)34(22)40)48-19-8-12-29-30-13-14-31(39)33(32-24(3)41-42(5)25(32)4)35(30)44-17-9-16-43(37(45)36(29)44)18-15-26-10-6-7-11-28(26)38(46)47/h6-7,10-11,13-14,20-21H,8-9,12,15-19H2,1-5H3,(H,46,47). The second-order valence-electron chi connectivity index (χ2n) is 12.6. The number of hydrogen-bond acceptors (Lipinski definition) is 4. The maximum absolute atomic E-state index is 14.6. The molecular formula is C38H40Cl2N4O4. The number of carboxylic acid groups (broad SMARTS) is 1. The van der Waals surface area contributed by atoms with E-state index in [1.54, 1.807) is 12.1 Å². The van der Waals surface area contributed by atoms with E-state index in [0.717, 1.165) is 67.3 Å². The molecule has 1 N–H and O–H groups in total. The lowest BCUT2D eigenvalue weighted by molar-refractivity contribution is 0.0695. The molecule has 3 aromatic carbocycles. The van der Waals surface area contributed by atoms with Gasteiger partial charge in [-0.15, -0.1) is 0 Å². The number of fused-ring (bicyclic) bond motifs is 3. The summed E-state index contributed by atoms with van der Waals surface area (Å²) in [5.74, 6) is -0.250. The van der Waals surface area contributed by atoms with Crippen molar-refractivity contribution in [3.05, 3.63) is 103 Å². The van der Waals surface area contributed by atoms with Crippen LogP contribution in [0.25, 0.3) is 22.0 Å². The Morgan fingerprint density at radius 3 is 2.40 bits per heavy atom. The van der Waals surface area contributed by atoms with Gasteiger partial charge in [-0.25, -0.2) is 4.79 Å². The molecule has 0 unspecified atom stereocenters. The van der Waals surface area contributed by atoms with Gasteiger partial charge in [0.15, 0.2) is 0 Å². The van der Waals surface area contributed by atoms with Crippen molar-refractivity contribution in [3.63, 3.8) is 0 Å². The Morgan fingerprint density at radius 2 is 1.71 bits per heavy atom. The minimum Gasteiger partial charge on any atom is -0.494 e. The van der Waals surface area contributed by atoms with Crippen molar-refractivity contribution in [2.45, 2.75) is 59.9 Å². The molecule has 3 heterocycles. The minimum absolute atomic E-state index is 0.0573. The van der Waals surface area contributed by atoms with Crippen LogP contribution in [0.3, 0.4) is 0 Å². The van der Waals surface area contributed by atoms with Crippen molar-refractivity contribution in [2.24, 2.45) is 7.05 Å². The molecule has 250 valence electrons. The van der Waals surface area contributed by atoms with Crippen LogP contribution in [-0.2, 0) is 26.4 Å². The van der Waals surface area contributed by atoms with Gasteiger partial charge in [-0.2, -0.15) is 5.10 Å². The highest BCUT2D eigenvalue weighted by molar-refractivity contribution is 6.35. The molecule has 2 aromatic heterocycles. The van der Waals surface area contributed by atoms with Gasteiger partial charge >= 0.3 is 5.97 Å². The molecule has 1 amide bonds. The number of aromatic nitrogens is 3. The first-order chi connectivity index (χ1) is 23.0. The fraction of sp³-hybridized carbons (Fsp3) is 0.342. The van der Waals surface area contributed by atoms with Crippen molar-refractivity contribution < 1.29 is 19.4 Å². The van der Waals surface area contributed by atoms with Gasteiger partial charge in [-0.05, 0) is 99.9 Å². The first kappa shape index (κ1) is 33.6. The maximum Gasteiger partial charge on any atom is 0.335 e. The van der Waals surface area contributed by atoms with Crippen LogP contribution in [0.1, 0.15) is 67.3 Å². The monoisotopic (exact) mass is 686 g/mol. The summed E-state index contributed by atoms with van der Waals surface area (Å²) >= 11 is 13.4. The van der Waals surface area contributed by atoms with E-state index < -0.39 is 5.97 Å². The van der Waals surface area contributed by atoms with Crippen molar-refractivity contribution in [2.75, 3.05) is 19.7 Å². The summed E-state index contributed by atoms with van der Waals surface area (Å²) < 4.78 is 10.2. The number of aryl methyl sites for hydroxylation is 6. The molecule has 10 heteroatoms. The highest BCUT2D eigenvalue weighted by Crippen LogP contribution is 2.43. The van der Waals surface area contributed by atoms with Crippen molar-refractivity contribution in [3.8, 4) is 16.9 Å². The highest BCUT2D eigenvalue weighted by Gasteiger charge is 2.32. The number of carboxylic acids is 1. The van der Waals surface area contributed by atoms with Gasteiger partial charge in [0.2, 0.25) is 0 Å². The van der Waals surface area contributed by atoms with Crippen LogP contribution in [0, 0.1) is 27.7 Å². The van der Waals surface area contributed by atoms with Crippen LogP contribution in [0.4, 0.5) is 0 Å². The maximum atomic E-state index is 14.6. The molecular weight excluding hydrogens is 647 g/mol. The largest absolute Gasteiger partial charge is 0.494 e. The zero-order valence-electron chi connectivity index (χ0n) is 28.0. The molecule has 8 nitrogen and oxygen atoms in total. The van der Waals surface area contributed by atoms with Crippen molar-refractivity contribution >= 4 is 46.0 Å². The summed E-state index contributed by atoms with van der Waals surface area (Å²) in [7, 11) is 1.93. The third kappa shape index (κ3) is 6.19. The lowest BCUT2D eigenvalue weighted by atomic mass is 9.98. The normalized spacial score (nSPS) is 13.2. The van der Waals surface area contributed by atoms with E-state index in [2.05, 4.69) is 9.67 Å². The Labute approximate surface area is 290 Å². The Hall–Kier alpha value is -4.27. The summed E-state index contributed by atoms with van der Waals surface area (Å²) in [6.07, 6.45) is 2.51. The zero-order chi connectivity index (χ0) is 34.3. The molecule has 0 aliphatic carbocycles. The molecule has 0 spiro atoms. The predicted octanol–water partition coefficient (Wildman–Crippen LogP) is 8.38. The lowest BCUT2D eigenvalue weighted by Crippen LogP contribution is -2.33. The third-order valence-electron chi connectivity index (χ3n) is 9.49.